The summed E-state index contributed by atoms with van der Waals surface area (Å²) in [5, 5.41) is 5.71. The second kappa shape index (κ2) is 8.08. The molecule has 0 aromatic carbocycles. The monoisotopic (exact) mass is 481 g/mol. The number of fused-ring (bicyclic) bond motifs is 1. The molecule has 2 aromatic heterocycles. The van der Waals surface area contributed by atoms with Crippen LogP contribution in [0.2, 0.25) is 0 Å². The van der Waals surface area contributed by atoms with Gasteiger partial charge in [-0.3, -0.25) is 14.6 Å². The van der Waals surface area contributed by atoms with Crippen LogP contribution in [0.25, 0.3) is 5.70 Å². The highest BCUT2D eigenvalue weighted by Gasteiger charge is 2.42. The summed E-state index contributed by atoms with van der Waals surface area (Å²) in [5.74, 6) is -2.83. The number of hydrogen-bond donors (Lipinski definition) is 1. The molecule has 2 amide bonds. The maximum Gasteiger partial charge on any atom is 0.434 e. The summed E-state index contributed by atoms with van der Waals surface area (Å²) in [6.07, 6.45) is -1.67. The van der Waals surface area contributed by atoms with Crippen molar-refractivity contribution in [3.05, 3.63) is 70.9 Å². The van der Waals surface area contributed by atoms with Crippen LogP contribution >= 0.6 is 0 Å². The van der Waals surface area contributed by atoms with Crippen LogP contribution in [0.1, 0.15) is 27.3 Å². The first kappa shape index (κ1) is 23.1. The minimum atomic E-state index is -5.07. The largest absolute Gasteiger partial charge is 0.434 e. The number of dihydropyridines is 1. The third-order valence-electron chi connectivity index (χ3n) is 5.07. The number of aliphatic imine (C=N–C) groups is 1. The Morgan fingerprint density at radius 1 is 1.09 bits per heavy atom. The van der Waals surface area contributed by atoms with E-state index in [0.29, 0.717) is 16.9 Å². The summed E-state index contributed by atoms with van der Waals surface area (Å²) in [7, 11) is 0. The molecule has 1 aliphatic heterocycles. The Morgan fingerprint density at radius 2 is 1.82 bits per heavy atom. The van der Waals surface area contributed by atoms with Crippen LogP contribution in [0.3, 0.4) is 0 Å². The Kier molecular flexibility index (Phi) is 5.50. The lowest BCUT2D eigenvalue weighted by Crippen LogP contribution is -2.25. The smallest absolute Gasteiger partial charge is 0.320 e. The fourth-order valence-corrected chi connectivity index (χ4v) is 3.54. The molecular weight excluding hydrogens is 468 g/mol. The Bertz CT molecular complexity index is 1310. The third-order valence-corrected chi connectivity index (χ3v) is 5.07. The van der Waals surface area contributed by atoms with E-state index in [0.717, 1.165) is 19.3 Å². The Labute approximate surface area is 187 Å². The number of aryl methyl sites for hydroxylation is 1. The first-order chi connectivity index (χ1) is 15.9. The number of halogens is 6. The molecule has 0 saturated heterocycles. The molecular formula is C21H13F6N5O2. The topological polar surface area (TPSA) is 89.2 Å². The van der Waals surface area contributed by atoms with Gasteiger partial charge in [-0.2, -0.15) is 31.4 Å². The number of hydrogen-bond acceptors (Lipinski definition) is 4. The van der Waals surface area contributed by atoms with Crippen LogP contribution < -0.4 is 5.32 Å². The number of aromatic nitrogens is 3. The SMILES string of the molecule is Cc1ncc(NC(=O)c2cnn(C3=CC=CC4C(=O)N=CC=C34)c2C(F)(F)F)cc1C(F)(F)F. The van der Waals surface area contributed by atoms with E-state index in [2.05, 4.69) is 15.1 Å². The number of anilines is 1. The van der Waals surface area contributed by atoms with Crippen molar-refractivity contribution in [2.24, 2.45) is 10.9 Å². The average Bonchev–Trinajstić information content (AvgIpc) is 3.20. The van der Waals surface area contributed by atoms with Crippen molar-refractivity contribution in [2.75, 3.05) is 5.32 Å². The number of nitrogens with zero attached hydrogens (tertiary/aromatic N) is 4. The molecule has 0 bridgehead atoms. The molecule has 2 aliphatic rings. The van der Waals surface area contributed by atoms with E-state index in [1.165, 1.54) is 24.3 Å². The zero-order chi connectivity index (χ0) is 24.8. The number of rotatable bonds is 3. The van der Waals surface area contributed by atoms with E-state index in [-0.39, 0.29) is 17.0 Å². The number of amides is 2. The van der Waals surface area contributed by atoms with Crippen molar-refractivity contribution in [1.82, 2.24) is 14.8 Å². The minimum absolute atomic E-state index is 0.102. The van der Waals surface area contributed by atoms with Crippen molar-refractivity contribution in [1.29, 1.82) is 0 Å². The molecule has 176 valence electrons. The molecule has 3 heterocycles. The lowest BCUT2D eigenvalue weighted by Gasteiger charge is -2.23. The molecule has 13 heteroatoms. The molecule has 0 spiro atoms. The van der Waals surface area contributed by atoms with Crippen LogP contribution in [0.4, 0.5) is 32.0 Å². The molecule has 4 rings (SSSR count). The standard InChI is InChI=1S/C21H13F6N5O2/c1-10-15(20(22,23)24)7-11(8-29-10)31-19(34)14-9-30-32(17(14)21(25,26)27)16-4-2-3-13-12(16)5-6-28-18(13)33/h2-9,13H,1H3,(H,31,34). The fourth-order valence-electron chi connectivity index (χ4n) is 3.54. The summed E-state index contributed by atoms with van der Waals surface area (Å²) < 4.78 is 81.9. The quantitative estimate of drug-likeness (QED) is 0.657. The van der Waals surface area contributed by atoms with Gasteiger partial charge in [0.2, 0.25) is 0 Å². The van der Waals surface area contributed by atoms with E-state index < -0.39 is 52.6 Å². The third kappa shape index (κ3) is 4.16. The molecule has 2 aromatic rings. The van der Waals surface area contributed by atoms with Gasteiger partial charge < -0.3 is 5.32 Å². The van der Waals surface area contributed by atoms with Gasteiger partial charge in [0, 0.05) is 11.9 Å². The highest BCUT2D eigenvalue weighted by Crippen LogP contribution is 2.38. The molecule has 7 nitrogen and oxygen atoms in total. The van der Waals surface area contributed by atoms with Gasteiger partial charge >= 0.3 is 12.4 Å². The van der Waals surface area contributed by atoms with Crippen molar-refractivity contribution in [3.8, 4) is 0 Å². The van der Waals surface area contributed by atoms with Gasteiger partial charge in [-0.25, -0.2) is 9.67 Å². The normalized spacial score (nSPS) is 17.9. The Morgan fingerprint density at radius 3 is 2.50 bits per heavy atom. The summed E-state index contributed by atoms with van der Waals surface area (Å²) in [6, 6.07) is 0.578. The van der Waals surface area contributed by atoms with E-state index in [1.54, 1.807) is 0 Å². The number of nitrogens with one attached hydrogen (secondary N) is 1. The van der Waals surface area contributed by atoms with E-state index in [9.17, 15) is 35.9 Å². The van der Waals surface area contributed by atoms with Gasteiger partial charge in [-0.1, -0.05) is 12.2 Å². The average molecular weight is 481 g/mol. The first-order valence-corrected chi connectivity index (χ1v) is 9.55. The number of carbonyl (C=O) groups excluding carboxylic acids is 2. The van der Waals surface area contributed by atoms with Crippen LogP contribution in [-0.4, -0.2) is 32.8 Å². The zero-order valence-electron chi connectivity index (χ0n) is 17.1. The van der Waals surface area contributed by atoms with Gasteiger partial charge in [-0.15, -0.1) is 0 Å². The van der Waals surface area contributed by atoms with Crippen LogP contribution in [0, 0.1) is 12.8 Å². The fraction of sp³-hybridized carbons (Fsp3) is 0.190. The van der Waals surface area contributed by atoms with Crippen molar-refractivity contribution >= 4 is 29.4 Å². The Balaban J connectivity index is 1.74. The molecule has 0 fully saturated rings. The minimum Gasteiger partial charge on any atom is -0.320 e. The van der Waals surface area contributed by atoms with Gasteiger partial charge in [0.05, 0.1) is 40.8 Å². The highest BCUT2D eigenvalue weighted by atomic mass is 19.4. The molecule has 1 atom stereocenters. The lowest BCUT2D eigenvalue weighted by atomic mass is 9.89. The van der Waals surface area contributed by atoms with Gasteiger partial charge in [-0.05, 0) is 30.7 Å². The van der Waals surface area contributed by atoms with Crippen LogP contribution in [0.15, 0.2) is 53.3 Å². The van der Waals surface area contributed by atoms with Crippen LogP contribution in [0.5, 0.6) is 0 Å². The van der Waals surface area contributed by atoms with Crippen molar-refractivity contribution < 1.29 is 35.9 Å². The predicted molar refractivity (Wildman–Crippen MR) is 108 cm³/mol. The first-order valence-electron chi connectivity index (χ1n) is 9.55. The molecule has 1 aliphatic carbocycles. The summed E-state index contributed by atoms with van der Waals surface area (Å²) in [5.41, 5.74) is -4.24. The molecule has 1 N–H and O–H groups in total. The van der Waals surface area contributed by atoms with Gasteiger partial charge in [0.15, 0.2) is 5.69 Å². The van der Waals surface area contributed by atoms with E-state index in [1.807, 2.05) is 5.32 Å². The maximum absolute atomic E-state index is 14.0. The molecule has 0 radical (unpaired) electrons. The lowest BCUT2D eigenvalue weighted by molar-refractivity contribution is -0.143. The highest BCUT2D eigenvalue weighted by molar-refractivity contribution is 6.06. The number of allylic oxidation sites excluding steroid dienone is 4. The van der Waals surface area contributed by atoms with E-state index >= 15 is 0 Å². The zero-order valence-corrected chi connectivity index (χ0v) is 17.1. The van der Waals surface area contributed by atoms with Crippen molar-refractivity contribution in [3.63, 3.8) is 0 Å². The van der Waals surface area contributed by atoms with Gasteiger partial charge in [0.25, 0.3) is 11.8 Å². The molecule has 34 heavy (non-hydrogen) atoms. The summed E-state index contributed by atoms with van der Waals surface area (Å²) in [4.78, 5) is 31.8. The maximum atomic E-state index is 14.0. The summed E-state index contributed by atoms with van der Waals surface area (Å²) >= 11 is 0. The second-order valence-electron chi connectivity index (χ2n) is 7.28. The second-order valence-corrected chi connectivity index (χ2v) is 7.28. The Hall–Kier alpha value is -4.03. The summed E-state index contributed by atoms with van der Waals surface area (Å²) in [6.45, 7) is 1.11. The molecule has 0 saturated carbocycles. The predicted octanol–water partition coefficient (Wildman–Crippen LogP) is 4.44. The van der Waals surface area contributed by atoms with Crippen molar-refractivity contribution in [2.45, 2.75) is 19.3 Å². The number of carbonyl (C=O) groups is 2. The van der Waals surface area contributed by atoms with E-state index in [4.69, 9.17) is 0 Å². The number of pyridine rings is 1. The molecule has 1 unspecified atom stereocenters. The van der Waals surface area contributed by atoms with Crippen LogP contribution in [-0.2, 0) is 17.1 Å². The van der Waals surface area contributed by atoms with Gasteiger partial charge in [0.1, 0.15) is 0 Å². The number of alkyl halides is 6.